The Morgan fingerprint density at radius 3 is 2.62 bits per heavy atom. The summed E-state index contributed by atoms with van der Waals surface area (Å²) in [5, 5.41) is 10.3. The Morgan fingerprint density at radius 1 is 1.12 bits per heavy atom. The molecule has 0 fully saturated rings. The molecule has 1 heterocycles. The lowest BCUT2D eigenvalue weighted by molar-refractivity contribution is -0.129. The quantitative estimate of drug-likeness (QED) is 0.131. The van der Waals surface area contributed by atoms with Crippen LogP contribution in [0, 0.1) is 11.3 Å². The Balaban J connectivity index is 1.51. The van der Waals surface area contributed by atoms with Gasteiger partial charge < -0.3 is 13.9 Å². The molecular weight excluding hydrogens is 406 g/mol. The van der Waals surface area contributed by atoms with Crippen molar-refractivity contribution in [1.29, 1.82) is 5.26 Å². The van der Waals surface area contributed by atoms with E-state index in [2.05, 4.69) is 6.92 Å². The molecule has 162 valence electrons. The monoisotopic (exact) mass is 429 g/mol. The van der Waals surface area contributed by atoms with Gasteiger partial charge >= 0.3 is 11.6 Å². The Labute approximate surface area is 185 Å². The van der Waals surface area contributed by atoms with E-state index in [0.29, 0.717) is 17.8 Å². The van der Waals surface area contributed by atoms with Gasteiger partial charge in [0.05, 0.1) is 6.61 Å². The molecule has 0 bridgehead atoms. The van der Waals surface area contributed by atoms with Crippen molar-refractivity contribution in [2.45, 2.75) is 39.0 Å². The van der Waals surface area contributed by atoms with Crippen molar-refractivity contribution in [3.8, 4) is 17.6 Å². The van der Waals surface area contributed by atoms with Crippen LogP contribution < -0.4 is 15.1 Å². The van der Waals surface area contributed by atoms with E-state index in [0.717, 1.165) is 54.4 Å². The van der Waals surface area contributed by atoms with Crippen LogP contribution in [0.2, 0.25) is 0 Å². The van der Waals surface area contributed by atoms with Gasteiger partial charge in [0.25, 0.3) is 0 Å². The van der Waals surface area contributed by atoms with Gasteiger partial charge in [-0.3, -0.25) is 0 Å². The average Bonchev–Trinajstić information content (AvgIpc) is 3.29. The molecule has 0 radical (unpaired) electrons. The third-order valence-corrected chi connectivity index (χ3v) is 5.45. The van der Waals surface area contributed by atoms with Gasteiger partial charge in [-0.1, -0.05) is 25.5 Å². The van der Waals surface area contributed by atoms with Crippen molar-refractivity contribution in [3.05, 3.63) is 75.1 Å². The lowest BCUT2D eigenvalue weighted by Crippen LogP contribution is -2.10. The Hall–Kier alpha value is -3.85. The summed E-state index contributed by atoms with van der Waals surface area (Å²) in [5.41, 5.74) is 2.32. The minimum absolute atomic E-state index is 0.139. The topological polar surface area (TPSA) is 89.5 Å². The smallest absolute Gasteiger partial charge is 0.354 e. The molecule has 4 rings (SSSR count). The van der Waals surface area contributed by atoms with Gasteiger partial charge in [-0.15, -0.1) is 0 Å². The fourth-order valence-electron chi connectivity index (χ4n) is 3.79. The Kier molecular flexibility index (Phi) is 6.37. The van der Waals surface area contributed by atoms with Crippen molar-refractivity contribution in [1.82, 2.24) is 0 Å². The molecule has 3 aromatic rings. The molecule has 0 N–H and O–H groups in total. The number of hydrogen-bond donors (Lipinski definition) is 0. The van der Waals surface area contributed by atoms with Crippen molar-refractivity contribution in [2.24, 2.45) is 0 Å². The summed E-state index contributed by atoms with van der Waals surface area (Å²) in [6.07, 6.45) is 5.99. The number of carbonyl (C=O) groups is 1. The van der Waals surface area contributed by atoms with Crippen LogP contribution in [-0.2, 0) is 17.6 Å². The van der Waals surface area contributed by atoms with Crippen LogP contribution in [0.5, 0.6) is 11.5 Å². The van der Waals surface area contributed by atoms with Gasteiger partial charge in [-0.2, -0.15) is 5.26 Å². The van der Waals surface area contributed by atoms with Gasteiger partial charge in [-0.05, 0) is 67.2 Å². The van der Waals surface area contributed by atoms with Crippen molar-refractivity contribution in [2.75, 3.05) is 6.61 Å². The summed E-state index contributed by atoms with van der Waals surface area (Å²) in [4.78, 5) is 24.7. The zero-order valence-electron chi connectivity index (χ0n) is 17.8. The molecule has 0 aliphatic heterocycles. The van der Waals surface area contributed by atoms with Gasteiger partial charge in [0, 0.05) is 17.0 Å². The second-order valence-electron chi connectivity index (χ2n) is 7.69. The molecule has 1 aliphatic rings. The van der Waals surface area contributed by atoms with E-state index < -0.39 is 5.97 Å². The number of esters is 1. The first kappa shape index (κ1) is 21.4. The highest BCUT2D eigenvalue weighted by atomic mass is 16.5. The maximum Gasteiger partial charge on any atom is 0.354 e. The van der Waals surface area contributed by atoms with E-state index in [-0.39, 0.29) is 16.9 Å². The molecule has 6 heteroatoms. The molecule has 1 aliphatic carbocycles. The van der Waals surface area contributed by atoms with Crippen LogP contribution in [0.1, 0.15) is 42.9 Å². The standard InChI is InChI=1S/C26H23NO5/c1-2-3-13-30-19-9-7-17(8-10-19)14-18(16-27)25(28)31-20-11-12-22-21-5-4-6-23(21)26(29)32-24(22)15-20/h7-12,14-15H,2-6,13H2,1H3/b18-14+. The van der Waals surface area contributed by atoms with Crippen molar-refractivity contribution < 1.29 is 18.7 Å². The zero-order chi connectivity index (χ0) is 22.5. The molecule has 0 unspecified atom stereocenters. The third-order valence-electron chi connectivity index (χ3n) is 5.45. The molecule has 0 saturated heterocycles. The molecule has 6 nitrogen and oxygen atoms in total. The predicted octanol–water partition coefficient (Wildman–Crippen LogP) is 4.97. The summed E-state index contributed by atoms with van der Waals surface area (Å²) >= 11 is 0. The molecule has 0 amide bonds. The van der Waals surface area contributed by atoms with Crippen LogP contribution in [0.15, 0.2) is 57.2 Å². The number of fused-ring (bicyclic) bond motifs is 3. The van der Waals surface area contributed by atoms with Gasteiger partial charge in [0.15, 0.2) is 0 Å². The molecule has 0 atom stereocenters. The van der Waals surface area contributed by atoms with E-state index in [1.165, 1.54) is 12.1 Å². The number of hydrogen-bond acceptors (Lipinski definition) is 6. The van der Waals surface area contributed by atoms with Gasteiger partial charge in [0.2, 0.25) is 0 Å². The summed E-state index contributed by atoms with van der Waals surface area (Å²) < 4.78 is 16.4. The maximum atomic E-state index is 12.5. The van der Waals surface area contributed by atoms with Crippen LogP contribution >= 0.6 is 0 Å². The van der Waals surface area contributed by atoms with Crippen LogP contribution in [-0.4, -0.2) is 12.6 Å². The molecule has 32 heavy (non-hydrogen) atoms. The number of unbranched alkanes of at least 4 members (excludes halogenated alkanes) is 1. The number of benzene rings is 2. The Bertz CT molecular complexity index is 1280. The first-order chi connectivity index (χ1) is 15.6. The summed E-state index contributed by atoms with van der Waals surface area (Å²) in [5.74, 6) is 0.170. The molecule has 0 saturated carbocycles. The fourth-order valence-corrected chi connectivity index (χ4v) is 3.79. The fraction of sp³-hybridized carbons (Fsp3) is 0.269. The lowest BCUT2D eigenvalue weighted by Gasteiger charge is -2.07. The average molecular weight is 429 g/mol. The van der Waals surface area contributed by atoms with Crippen LogP contribution in [0.3, 0.4) is 0 Å². The summed E-state index contributed by atoms with van der Waals surface area (Å²) in [6.45, 7) is 2.75. The lowest BCUT2D eigenvalue weighted by atomic mass is 10.1. The first-order valence-electron chi connectivity index (χ1n) is 10.7. The van der Waals surface area contributed by atoms with Crippen molar-refractivity contribution >= 4 is 23.0 Å². The largest absolute Gasteiger partial charge is 0.494 e. The number of aryl methyl sites for hydroxylation is 1. The minimum atomic E-state index is -0.779. The van der Waals surface area contributed by atoms with Crippen LogP contribution in [0.25, 0.3) is 17.0 Å². The highest BCUT2D eigenvalue weighted by molar-refractivity contribution is 5.99. The SMILES string of the molecule is CCCCOc1ccc(/C=C(\C#N)C(=O)Oc2ccc3c4c(c(=O)oc3c2)CCC4)cc1. The zero-order valence-corrected chi connectivity index (χ0v) is 17.8. The van der Waals surface area contributed by atoms with E-state index in [1.807, 2.05) is 6.07 Å². The van der Waals surface area contributed by atoms with E-state index in [9.17, 15) is 14.9 Å². The summed E-state index contributed by atoms with van der Waals surface area (Å²) in [7, 11) is 0. The second-order valence-corrected chi connectivity index (χ2v) is 7.69. The second kappa shape index (κ2) is 9.52. The third kappa shape index (κ3) is 4.57. The minimum Gasteiger partial charge on any atom is -0.494 e. The predicted molar refractivity (Wildman–Crippen MR) is 121 cm³/mol. The van der Waals surface area contributed by atoms with E-state index in [4.69, 9.17) is 13.9 Å². The maximum absolute atomic E-state index is 12.5. The first-order valence-corrected chi connectivity index (χ1v) is 10.7. The Morgan fingerprint density at radius 2 is 1.88 bits per heavy atom. The number of ether oxygens (including phenoxy) is 2. The van der Waals surface area contributed by atoms with Crippen molar-refractivity contribution in [3.63, 3.8) is 0 Å². The van der Waals surface area contributed by atoms with Gasteiger partial charge in [-0.25, -0.2) is 9.59 Å². The molecule has 1 aromatic heterocycles. The molecule has 2 aromatic carbocycles. The number of carbonyl (C=O) groups excluding carboxylic acids is 1. The summed E-state index contributed by atoms with van der Waals surface area (Å²) in [6, 6.07) is 14.0. The van der Waals surface area contributed by atoms with E-state index >= 15 is 0 Å². The molecule has 0 spiro atoms. The molecular formula is C26H23NO5. The number of rotatable bonds is 7. The van der Waals surface area contributed by atoms with E-state index in [1.54, 1.807) is 36.4 Å². The highest BCUT2D eigenvalue weighted by Gasteiger charge is 2.20. The number of nitriles is 1. The van der Waals surface area contributed by atoms with Crippen LogP contribution in [0.4, 0.5) is 0 Å². The highest BCUT2D eigenvalue weighted by Crippen LogP contribution is 2.30. The van der Waals surface area contributed by atoms with Gasteiger partial charge in [0.1, 0.15) is 28.7 Å². The number of nitrogens with zero attached hydrogens (tertiary/aromatic N) is 1. The normalized spacial score (nSPS) is 12.9.